The van der Waals surface area contributed by atoms with Crippen LogP contribution in [0.4, 0.5) is 9.18 Å². The van der Waals surface area contributed by atoms with Gasteiger partial charge in [-0.25, -0.2) is 9.18 Å². The maximum absolute atomic E-state index is 14.6. The van der Waals surface area contributed by atoms with Crippen LogP contribution in [0.25, 0.3) is 0 Å². The standard InChI is InChI=1S/C41H53FN2O8/c1-5-7-23-49-40(47)44(3)37-26-35(43-48-4)32-24-28(14-10-12-20-45)31(16-11-13-21-46)38-33-25-30(50-27-29-15-8-9-17-34(29)42)18-19-36(33)52-41(37,39(32)38)51-22-6-2/h5-6,8-9,15,17-19,24-25,28,31,37-39,45-46H,1-2,7,10-14,16,20-23,26-27H2,3-4H3/t28-,31+,37-,38+,39+,41+/m0/s1. The van der Waals surface area contributed by atoms with E-state index < -0.39 is 23.8 Å². The molecule has 0 aromatic heterocycles. The number of carbonyl (C=O) groups is 1. The largest absolute Gasteiger partial charge is 0.489 e. The molecule has 2 aliphatic carbocycles. The molecule has 10 nitrogen and oxygen atoms in total. The summed E-state index contributed by atoms with van der Waals surface area (Å²) in [6.45, 7) is 8.24. The Morgan fingerprint density at radius 3 is 2.58 bits per heavy atom. The van der Waals surface area contributed by atoms with Gasteiger partial charge < -0.3 is 38.9 Å². The number of carbonyl (C=O) groups excluding carboxylic acids is 1. The van der Waals surface area contributed by atoms with E-state index >= 15 is 0 Å². The van der Waals surface area contributed by atoms with E-state index in [2.05, 4.69) is 24.4 Å². The number of oxime groups is 1. The summed E-state index contributed by atoms with van der Waals surface area (Å²) in [5.41, 5.74) is 2.97. The van der Waals surface area contributed by atoms with Crippen LogP contribution in [0, 0.1) is 23.6 Å². The molecule has 2 N–H and O–H groups in total. The lowest BCUT2D eigenvalue weighted by molar-refractivity contribution is -0.253. The van der Waals surface area contributed by atoms with Gasteiger partial charge in [0.05, 0.1) is 24.8 Å². The van der Waals surface area contributed by atoms with Crippen LogP contribution in [0.5, 0.6) is 11.5 Å². The molecule has 52 heavy (non-hydrogen) atoms. The molecule has 5 rings (SSSR count). The molecule has 1 heterocycles. The Bertz CT molecular complexity index is 1600. The molecular weight excluding hydrogens is 667 g/mol. The van der Waals surface area contributed by atoms with E-state index in [4.69, 9.17) is 23.8 Å². The number of unbranched alkanes of at least 4 members (excludes halogenated alkanes) is 2. The van der Waals surface area contributed by atoms with Crippen LogP contribution in [0.15, 0.2) is 84.6 Å². The molecule has 1 aliphatic heterocycles. The van der Waals surface area contributed by atoms with E-state index in [1.807, 2.05) is 18.2 Å². The maximum atomic E-state index is 14.6. The van der Waals surface area contributed by atoms with Gasteiger partial charge in [0.1, 0.15) is 37.1 Å². The number of benzene rings is 2. The minimum atomic E-state index is -1.38. The second-order valence-electron chi connectivity index (χ2n) is 13.6. The van der Waals surface area contributed by atoms with Crippen LogP contribution >= 0.6 is 0 Å². The number of aliphatic hydroxyl groups is 2. The van der Waals surface area contributed by atoms with Gasteiger partial charge in [0.25, 0.3) is 0 Å². The Morgan fingerprint density at radius 1 is 1.10 bits per heavy atom. The number of fused-ring (bicyclic) bond motifs is 2. The SMILES string of the molecule is C=CCCOC(=O)N(C)[C@H]1CC(=NOC)C2=C[C@H](CCCCO)[C@@H](CCCCO)[C@@H]3c4cc(OCc5ccccc5F)ccc4O[C@@]1(OCC=C)[C@H]23. The smallest absolute Gasteiger partial charge is 0.409 e. The Labute approximate surface area is 306 Å². The molecule has 3 aliphatic rings. The topological polar surface area (TPSA) is 119 Å². The van der Waals surface area contributed by atoms with Crippen molar-refractivity contribution in [1.82, 2.24) is 4.90 Å². The van der Waals surface area contributed by atoms with E-state index in [1.165, 1.54) is 18.1 Å². The number of rotatable bonds is 19. The number of ether oxygens (including phenoxy) is 4. The molecular formula is C41H53FN2O8. The number of hydrogen-bond donors (Lipinski definition) is 2. The Hall–Kier alpha value is -4.19. The van der Waals surface area contributed by atoms with Crippen LogP contribution < -0.4 is 9.47 Å². The van der Waals surface area contributed by atoms with Gasteiger partial charge in [-0.15, -0.1) is 13.2 Å². The summed E-state index contributed by atoms with van der Waals surface area (Å²) in [7, 11) is 3.19. The van der Waals surface area contributed by atoms with Crippen molar-refractivity contribution in [3.05, 3.63) is 96.4 Å². The van der Waals surface area contributed by atoms with Crippen LogP contribution in [-0.4, -0.2) is 79.3 Å². The highest BCUT2D eigenvalue weighted by atomic mass is 19.1. The highest BCUT2D eigenvalue weighted by molar-refractivity contribution is 6.02. The molecule has 282 valence electrons. The first-order chi connectivity index (χ1) is 25.3. The molecule has 0 bridgehead atoms. The van der Waals surface area contributed by atoms with Crippen LogP contribution in [0.2, 0.25) is 0 Å². The molecule has 1 amide bonds. The lowest BCUT2D eigenvalue weighted by atomic mass is 9.55. The summed E-state index contributed by atoms with van der Waals surface area (Å²) in [6, 6.07) is 11.5. The van der Waals surface area contributed by atoms with Crippen LogP contribution in [0.1, 0.15) is 68.4 Å². The van der Waals surface area contributed by atoms with Crippen molar-refractivity contribution in [2.45, 2.75) is 75.7 Å². The molecule has 2 aromatic carbocycles. The molecule has 2 aromatic rings. The van der Waals surface area contributed by atoms with Gasteiger partial charge in [-0.3, -0.25) is 0 Å². The molecule has 11 heteroatoms. The molecule has 0 saturated heterocycles. The van der Waals surface area contributed by atoms with E-state index in [9.17, 15) is 19.4 Å². The van der Waals surface area contributed by atoms with Crippen molar-refractivity contribution in [1.29, 1.82) is 0 Å². The maximum Gasteiger partial charge on any atom is 0.409 e. The van der Waals surface area contributed by atoms with Crippen molar-refractivity contribution >= 4 is 11.8 Å². The minimum Gasteiger partial charge on any atom is -0.489 e. The van der Waals surface area contributed by atoms with E-state index in [0.29, 0.717) is 42.0 Å². The second kappa shape index (κ2) is 18.5. The average Bonchev–Trinajstić information content (AvgIpc) is 3.15. The quantitative estimate of drug-likeness (QED) is 0.0882. The fraction of sp³-hybridized carbons (Fsp3) is 0.512. The zero-order valence-electron chi connectivity index (χ0n) is 30.4. The number of aliphatic hydroxyl groups excluding tert-OH is 2. The monoisotopic (exact) mass is 720 g/mol. The van der Waals surface area contributed by atoms with Crippen molar-refractivity contribution < 1.29 is 43.2 Å². The number of amides is 1. The van der Waals surface area contributed by atoms with Gasteiger partial charge in [-0.05, 0) is 73.8 Å². The summed E-state index contributed by atoms with van der Waals surface area (Å²) in [6.07, 6.45) is 10.5. The fourth-order valence-corrected chi connectivity index (χ4v) is 8.16. The third-order valence-corrected chi connectivity index (χ3v) is 10.5. The molecule has 1 saturated carbocycles. The van der Waals surface area contributed by atoms with Gasteiger partial charge in [0.15, 0.2) is 0 Å². The lowest BCUT2D eigenvalue weighted by Gasteiger charge is -2.59. The second-order valence-corrected chi connectivity index (χ2v) is 13.6. The predicted molar refractivity (Wildman–Crippen MR) is 197 cm³/mol. The Balaban J connectivity index is 1.69. The molecule has 0 unspecified atom stereocenters. The Kier molecular flexibility index (Phi) is 13.9. The van der Waals surface area contributed by atoms with E-state index in [0.717, 1.165) is 36.8 Å². The summed E-state index contributed by atoms with van der Waals surface area (Å²) >= 11 is 0. The Morgan fingerprint density at radius 2 is 1.87 bits per heavy atom. The van der Waals surface area contributed by atoms with Gasteiger partial charge in [0, 0.05) is 43.7 Å². The molecule has 0 radical (unpaired) electrons. The van der Waals surface area contributed by atoms with E-state index in [-0.39, 0.29) is 63.0 Å². The van der Waals surface area contributed by atoms with Crippen LogP contribution in [0.3, 0.4) is 0 Å². The first-order valence-corrected chi connectivity index (χ1v) is 18.3. The van der Waals surface area contributed by atoms with Crippen molar-refractivity contribution in [3.8, 4) is 11.5 Å². The third-order valence-electron chi connectivity index (χ3n) is 10.5. The van der Waals surface area contributed by atoms with Gasteiger partial charge in [-0.2, -0.15) is 0 Å². The number of likely N-dealkylation sites (N-methyl/N-ethyl adjacent to an activating group) is 1. The van der Waals surface area contributed by atoms with Gasteiger partial charge >= 0.3 is 6.09 Å². The summed E-state index contributed by atoms with van der Waals surface area (Å²) in [5, 5.41) is 24.0. The molecule has 6 atom stereocenters. The van der Waals surface area contributed by atoms with Gasteiger partial charge in [-0.1, -0.05) is 54.4 Å². The highest BCUT2D eigenvalue weighted by Crippen LogP contribution is 2.61. The predicted octanol–water partition coefficient (Wildman–Crippen LogP) is 7.31. The van der Waals surface area contributed by atoms with Crippen LogP contribution in [-0.2, 0) is 20.9 Å². The summed E-state index contributed by atoms with van der Waals surface area (Å²) in [4.78, 5) is 20.6. The first-order valence-electron chi connectivity index (χ1n) is 18.3. The van der Waals surface area contributed by atoms with Crippen molar-refractivity contribution in [2.75, 3.05) is 40.6 Å². The summed E-state index contributed by atoms with van der Waals surface area (Å²) in [5.74, 6) is -1.07. The normalized spacial score (nSPS) is 25.2. The zero-order valence-corrected chi connectivity index (χ0v) is 30.4. The minimum absolute atomic E-state index is 0.0488. The third kappa shape index (κ3) is 8.37. The average molecular weight is 721 g/mol. The van der Waals surface area contributed by atoms with Gasteiger partial charge in [0.2, 0.25) is 5.79 Å². The number of hydrogen-bond acceptors (Lipinski definition) is 9. The van der Waals surface area contributed by atoms with Crippen molar-refractivity contribution in [2.24, 2.45) is 22.9 Å². The van der Waals surface area contributed by atoms with Crippen molar-refractivity contribution in [3.63, 3.8) is 0 Å². The molecule has 0 spiro atoms. The van der Waals surface area contributed by atoms with E-state index in [1.54, 1.807) is 37.4 Å². The summed E-state index contributed by atoms with van der Waals surface area (Å²) < 4.78 is 40.3. The number of nitrogens with zero attached hydrogens (tertiary/aromatic N) is 2. The zero-order chi connectivity index (χ0) is 37.1. The number of halogens is 1. The molecule has 1 fully saturated rings. The lowest BCUT2D eigenvalue weighted by Crippen LogP contribution is -2.69. The highest BCUT2D eigenvalue weighted by Gasteiger charge is 2.65. The number of allylic oxidation sites excluding steroid dienone is 1. The first kappa shape index (κ1) is 39.0. The fourth-order valence-electron chi connectivity index (χ4n) is 8.16.